The number of ether oxygens (including phenoxy) is 1. The summed E-state index contributed by atoms with van der Waals surface area (Å²) in [5.74, 6) is 0.771. The van der Waals surface area contributed by atoms with Gasteiger partial charge >= 0.3 is 6.09 Å². The Bertz CT molecular complexity index is 1240. The van der Waals surface area contributed by atoms with Crippen LogP contribution in [0.25, 0.3) is 16.9 Å². The highest BCUT2D eigenvalue weighted by molar-refractivity contribution is 6.35. The second kappa shape index (κ2) is 9.02. The van der Waals surface area contributed by atoms with Crippen LogP contribution in [0.3, 0.4) is 0 Å². The van der Waals surface area contributed by atoms with Gasteiger partial charge in [-0.3, -0.25) is 5.32 Å². The van der Waals surface area contributed by atoms with E-state index >= 15 is 0 Å². The number of carbonyl (C=O) groups is 1. The number of nitrogens with zero attached hydrogens (tertiary/aromatic N) is 2. The highest BCUT2D eigenvalue weighted by Gasteiger charge is 2.21. The predicted molar refractivity (Wildman–Crippen MR) is 125 cm³/mol. The maximum atomic E-state index is 12.4. The Hall–Kier alpha value is -2.99. The maximum Gasteiger partial charge on any atom is 0.418 e. The topological polar surface area (TPSA) is 56.1 Å². The lowest BCUT2D eigenvalue weighted by molar-refractivity contribution is 0.215. The molecule has 0 fully saturated rings. The van der Waals surface area contributed by atoms with E-state index in [9.17, 15) is 4.79 Å². The number of rotatable bonds is 4. The molecule has 0 unspecified atom stereocenters. The van der Waals surface area contributed by atoms with Crippen molar-refractivity contribution in [3.05, 3.63) is 93.4 Å². The third-order valence-corrected chi connectivity index (χ3v) is 5.34. The Morgan fingerprint density at radius 3 is 2.29 bits per heavy atom. The molecule has 0 radical (unpaired) electrons. The van der Waals surface area contributed by atoms with Crippen LogP contribution < -0.4 is 10.1 Å². The van der Waals surface area contributed by atoms with E-state index in [0.29, 0.717) is 32.3 Å². The van der Waals surface area contributed by atoms with Gasteiger partial charge in [0.05, 0.1) is 16.4 Å². The predicted octanol–water partition coefficient (Wildman–Crippen LogP) is 7.42. The number of anilines is 1. The Kier molecular flexibility index (Phi) is 6.18. The van der Waals surface area contributed by atoms with Crippen molar-refractivity contribution in [2.45, 2.75) is 6.92 Å². The smallest absolute Gasteiger partial charge is 0.410 e. The van der Waals surface area contributed by atoms with Crippen LogP contribution in [-0.4, -0.2) is 15.9 Å². The second-order valence-corrected chi connectivity index (χ2v) is 7.94. The summed E-state index contributed by atoms with van der Waals surface area (Å²) < 4.78 is 6.99. The van der Waals surface area contributed by atoms with Crippen LogP contribution in [0.1, 0.15) is 5.56 Å². The van der Waals surface area contributed by atoms with Crippen molar-refractivity contribution in [1.29, 1.82) is 0 Å². The quantitative estimate of drug-likeness (QED) is 0.336. The van der Waals surface area contributed by atoms with Crippen LogP contribution in [0.2, 0.25) is 15.1 Å². The molecule has 0 aliphatic carbocycles. The van der Waals surface area contributed by atoms with Crippen molar-refractivity contribution in [2.75, 3.05) is 5.32 Å². The molecule has 1 aromatic heterocycles. The summed E-state index contributed by atoms with van der Waals surface area (Å²) in [7, 11) is 0. The van der Waals surface area contributed by atoms with Crippen molar-refractivity contribution in [3.8, 4) is 22.7 Å². The normalized spacial score (nSPS) is 10.7. The molecule has 31 heavy (non-hydrogen) atoms. The molecule has 1 N–H and O–H groups in total. The minimum absolute atomic E-state index is 0.344. The molecule has 8 heteroatoms. The number of nitrogens with one attached hydrogen (secondary N) is 1. The minimum atomic E-state index is -0.649. The third-order valence-electron chi connectivity index (χ3n) is 4.55. The molecule has 4 rings (SSSR count). The summed E-state index contributed by atoms with van der Waals surface area (Å²) in [5.41, 5.74) is 2.95. The summed E-state index contributed by atoms with van der Waals surface area (Å²) in [6.07, 6.45) is -0.649. The van der Waals surface area contributed by atoms with Crippen LogP contribution in [0.5, 0.6) is 5.75 Å². The lowest BCUT2D eigenvalue weighted by Crippen LogP contribution is -2.17. The number of halogens is 3. The Morgan fingerprint density at radius 2 is 1.61 bits per heavy atom. The number of hydrogen-bond acceptors (Lipinski definition) is 3. The number of amides is 1. The van der Waals surface area contributed by atoms with Gasteiger partial charge in [-0.1, -0.05) is 65.1 Å². The number of carbonyl (C=O) groups excluding carboxylic acids is 1. The van der Waals surface area contributed by atoms with Gasteiger partial charge in [0, 0.05) is 21.2 Å². The minimum Gasteiger partial charge on any atom is -0.410 e. The zero-order valence-corrected chi connectivity index (χ0v) is 18.5. The van der Waals surface area contributed by atoms with Gasteiger partial charge in [-0.25, -0.2) is 9.48 Å². The molecule has 156 valence electrons. The molecule has 0 bridgehead atoms. The van der Waals surface area contributed by atoms with Crippen molar-refractivity contribution in [3.63, 3.8) is 0 Å². The molecule has 0 saturated carbocycles. The van der Waals surface area contributed by atoms with E-state index in [1.165, 1.54) is 0 Å². The van der Waals surface area contributed by atoms with E-state index in [1.807, 2.05) is 25.1 Å². The van der Waals surface area contributed by atoms with E-state index in [2.05, 4.69) is 10.4 Å². The van der Waals surface area contributed by atoms with Crippen molar-refractivity contribution in [1.82, 2.24) is 9.78 Å². The average Bonchev–Trinajstić information content (AvgIpc) is 3.05. The summed E-state index contributed by atoms with van der Waals surface area (Å²) in [6, 6.07) is 21.2. The van der Waals surface area contributed by atoms with Crippen LogP contribution in [0.15, 0.2) is 72.8 Å². The summed E-state index contributed by atoms with van der Waals surface area (Å²) >= 11 is 18.6. The van der Waals surface area contributed by atoms with Crippen LogP contribution in [0, 0.1) is 6.92 Å². The second-order valence-electron chi connectivity index (χ2n) is 6.66. The fraction of sp³-hybridized carbons (Fsp3) is 0.0435. The van der Waals surface area contributed by atoms with Crippen molar-refractivity contribution >= 4 is 46.7 Å². The lowest BCUT2D eigenvalue weighted by atomic mass is 10.1. The van der Waals surface area contributed by atoms with Gasteiger partial charge in [-0.05, 0) is 49.4 Å². The van der Waals surface area contributed by atoms with Gasteiger partial charge in [-0.2, -0.15) is 0 Å². The molecule has 0 saturated heterocycles. The zero-order valence-electron chi connectivity index (χ0n) is 16.3. The number of benzene rings is 3. The van der Waals surface area contributed by atoms with E-state index in [-0.39, 0.29) is 0 Å². The fourth-order valence-corrected chi connectivity index (χ4v) is 3.72. The molecule has 0 atom stereocenters. The van der Waals surface area contributed by atoms with Gasteiger partial charge in [0.25, 0.3) is 0 Å². The average molecular weight is 473 g/mol. The molecule has 3 aromatic carbocycles. The first-order valence-corrected chi connectivity index (χ1v) is 10.4. The SMILES string of the molecule is Cc1c(NC(=O)Oc2ccccc2)nn(-c2ccc(Cl)cc2Cl)c1-c1ccc(Cl)cc1. The summed E-state index contributed by atoms with van der Waals surface area (Å²) in [6.45, 7) is 1.86. The number of hydrogen-bond donors (Lipinski definition) is 1. The van der Waals surface area contributed by atoms with E-state index < -0.39 is 6.09 Å². The summed E-state index contributed by atoms with van der Waals surface area (Å²) in [5, 5.41) is 8.85. The fourth-order valence-electron chi connectivity index (χ4n) is 3.11. The van der Waals surface area contributed by atoms with Gasteiger partial charge < -0.3 is 4.74 Å². The molecular formula is C23H16Cl3N3O2. The molecule has 4 aromatic rings. The van der Waals surface area contributed by atoms with Crippen LogP contribution in [0.4, 0.5) is 10.6 Å². The van der Waals surface area contributed by atoms with Gasteiger partial charge in [0.2, 0.25) is 0 Å². The highest BCUT2D eigenvalue weighted by atomic mass is 35.5. The highest BCUT2D eigenvalue weighted by Crippen LogP contribution is 2.34. The van der Waals surface area contributed by atoms with Gasteiger partial charge in [0.15, 0.2) is 5.82 Å². The van der Waals surface area contributed by atoms with Crippen LogP contribution in [-0.2, 0) is 0 Å². The monoisotopic (exact) mass is 471 g/mol. The van der Waals surface area contributed by atoms with Crippen molar-refractivity contribution in [2.24, 2.45) is 0 Å². The summed E-state index contributed by atoms with van der Waals surface area (Å²) in [4.78, 5) is 12.4. The van der Waals surface area contributed by atoms with Crippen LogP contribution >= 0.6 is 34.8 Å². The Labute approximate surface area is 194 Å². The molecule has 0 spiro atoms. The van der Waals surface area contributed by atoms with E-state index in [0.717, 1.165) is 16.8 Å². The Balaban J connectivity index is 1.76. The van der Waals surface area contributed by atoms with E-state index in [1.54, 1.807) is 59.3 Å². The Morgan fingerprint density at radius 1 is 0.935 bits per heavy atom. The largest absolute Gasteiger partial charge is 0.418 e. The number of para-hydroxylation sites is 1. The first kappa shape index (κ1) is 21.2. The van der Waals surface area contributed by atoms with Crippen molar-refractivity contribution < 1.29 is 9.53 Å². The first-order chi connectivity index (χ1) is 14.9. The maximum absolute atomic E-state index is 12.4. The molecule has 1 heterocycles. The lowest BCUT2D eigenvalue weighted by Gasteiger charge is -2.10. The molecule has 1 amide bonds. The molecule has 5 nitrogen and oxygen atoms in total. The molecule has 0 aliphatic rings. The first-order valence-electron chi connectivity index (χ1n) is 9.27. The molecule has 0 aliphatic heterocycles. The molecular weight excluding hydrogens is 457 g/mol. The van der Waals surface area contributed by atoms with Gasteiger partial charge in [0.1, 0.15) is 5.75 Å². The van der Waals surface area contributed by atoms with E-state index in [4.69, 9.17) is 39.5 Å². The number of aromatic nitrogens is 2. The third kappa shape index (κ3) is 4.69. The standard InChI is InChI=1S/C23H16Cl3N3O2/c1-14-21(15-7-9-16(24)10-8-15)29(20-12-11-17(25)13-19(20)26)28-22(14)27-23(30)31-18-5-3-2-4-6-18/h2-13H,1H3,(H,27,28,30). The zero-order chi connectivity index (χ0) is 22.0. The van der Waals surface area contributed by atoms with Gasteiger partial charge in [-0.15, -0.1) is 5.10 Å².